The number of pyridine rings is 1. The van der Waals surface area contributed by atoms with E-state index in [4.69, 9.17) is 4.42 Å². The van der Waals surface area contributed by atoms with E-state index in [1.165, 1.54) is 49.2 Å². The number of hydrogen-bond donors (Lipinski definition) is 0. The van der Waals surface area contributed by atoms with Crippen molar-refractivity contribution in [1.82, 2.24) is 29.6 Å². The number of rotatable bonds is 5. The van der Waals surface area contributed by atoms with Gasteiger partial charge in [-0.1, -0.05) is 38.5 Å². The van der Waals surface area contributed by atoms with Gasteiger partial charge in [0.15, 0.2) is 17.3 Å². The summed E-state index contributed by atoms with van der Waals surface area (Å²) < 4.78 is 7.92. The molecular formula is C32H40N6O. The number of aromatic nitrogens is 5. The average molecular weight is 525 g/mol. The smallest absolute Gasteiger partial charge is 0.195 e. The second-order valence-electron chi connectivity index (χ2n) is 10.6. The predicted octanol–water partition coefficient (Wildman–Crippen LogP) is 6.55. The van der Waals surface area contributed by atoms with Crippen LogP contribution >= 0.6 is 0 Å². The van der Waals surface area contributed by atoms with Crippen molar-refractivity contribution in [2.75, 3.05) is 19.6 Å². The Labute approximate surface area is 231 Å². The summed E-state index contributed by atoms with van der Waals surface area (Å²) in [5.41, 5.74) is 9.44. The Hall–Kier alpha value is -3.58. The van der Waals surface area contributed by atoms with Crippen LogP contribution in [0.3, 0.4) is 0 Å². The molecule has 0 N–H and O–H groups in total. The lowest BCUT2D eigenvalue weighted by atomic mass is 9.97. The van der Waals surface area contributed by atoms with Crippen LogP contribution in [0.25, 0.3) is 33.4 Å². The van der Waals surface area contributed by atoms with Crippen LogP contribution in [0.2, 0.25) is 0 Å². The van der Waals surface area contributed by atoms with Crippen LogP contribution in [0.15, 0.2) is 40.8 Å². The van der Waals surface area contributed by atoms with Gasteiger partial charge in [-0.2, -0.15) is 0 Å². The highest BCUT2D eigenvalue weighted by Crippen LogP contribution is 2.29. The van der Waals surface area contributed by atoms with E-state index in [0.29, 0.717) is 0 Å². The summed E-state index contributed by atoms with van der Waals surface area (Å²) in [6.07, 6.45) is 5.73. The highest BCUT2D eigenvalue weighted by molar-refractivity contribution is 5.92. The van der Waals surface area contributed by atoms with E-state index < -0.39 is 0 Å². The van der Waals surface area contributed by atoms with Crippen molar-refractivity contribution in [2.24, 2.45) is 7.05 Å². The minimum absolute atomic E-state index is 0.859. The van der Waals surface area contributed by atoms with Crippen LogP contribution in [-0.4, -0.2) is 49.3 Å². The van der Waals surface area contributed by atoms with E-state index in [1.54, 1.807) is 0 Å². The van der Waals surface area contributed by atoms with Crippen molar-refractivity contribution in [3.63, 3.8) is 0 Å². The van der Waals surface area contributed by atoms with Gasteiger partial charge in [0.05, 0.1) is 5.52 Å². The molecule has 3 aromatic heterocycles. The molecule has 1 aliphatic rings. The summed E-state index contributed by atoms with van der Waals surface area (Å²) in [5, 5.41) is 9.46. The van der Waals surface area contributed by atoms with E-state index in [9.17, 15) is 0 Å². The molecule has 0 amide bonds. The van der Waals surface area contributed by atoms with Gasteiger partial charge >= 0.3 is 0 Å². The van der Waals surface area contributed by atoms with E-state index in [2.05, 4.69) is 64.0 Å². The minimum Gasteiger partial charge on any atom is -0.440 e. The summed E-state index contributed by atoms with van der Waals surface area (Å²) >= 11 is 0. The Morgan fingerprint density at radius 2 is 1.74 bits per heavy atom. The molecule has 2 aromatic carbocycles. The zero-order valence-electron chi connectivity index (χ0n) is 24.2. The van der Waals surface area contributed by atoms with Gasteiger partial charge in [0.2, 0.25) is 0 Å². The van der Waals surface area contributed by atoms with Crippen molar-refractivity contribution in [3.8, 4) is 11.4 Å². The fraction of sp³-hybridized carbons (Fsp3) is 0.438. The monoisotopic (exact) mass is 524 g/mol. The number of unbranched alkanes of at least 4 members (excludes halogenated alkanes) is 1. The predicted molar refractivity (Wildman–Crippen MR) is 158 cm³/mol. The molecule has 0 radical (unpaired) electrons. The molecule has 0 unspecified atom stereocenters. The molecule has 0 bridgehead atoms. The Morgan fingerprint density at radius 3 is 2.49 bits per heavy atom. The summed E-state index contributed by atoms with van der Waals surface area (Å²) in [5.74, 6) is 2.64. The number of aryl methyl sites for hydroxylation is 4. The van der Waals surface area contributed by atoms with E-state index >= 15 is 0 Å². The Balaban J connectivity index is 0.000000160. The molecule has 0 atom stereocenters. The number of oxazole rings is 1. The Kier molecular flexibility index (Phi) is 8.07. The zero-order valence-corrected chi connectivity index (χ0v) is 24.2. The first-order valence-electron chi connectivity index (χ1n) is 14.2. The van der Waals surface area contributed by atoms with Gasteiger partial charge in [0, 0.05) is 43.2 Å². The highest BCUT2D eigenvalue weighted by atomic mass is 16.3. The molecule has 7 heteroatoms. The van der Waals surface area contributed by atoms with E-state index in [1.807, 2.05) is 43.7 Å². The molecular weight excluding hydrogens is 484 g/mol. The van der Waals surface area contributed by atoms with Gasteiger partial charge in [-0.15, -0.1) is 10.2 Å². The van der Waals surface area contributed by atoms with Crippen LogP contribution in [0.1, 0.15) is 60.8 Å². The molecule has 0 saturated heterocycles. The maximum Gasteiger partial charge on any atom is 0.195 e. The number of hydrogen-bond acceptors (Lipinski definition) is 6. The first-order valence-corrected chi connectivity index (χ1v) is 14.2. The quantitative estimate of drug-likeness (QED) is 0.260. The molecule has 0 spiro atoms. The van der Waals surface area contributed by atoms with Crippen LogP contribution in [-0.2, 0) is 26.3 Å². The highest BCUT2D eigenvalue weighted by Gasteiger charge is 2.19. The SMILES string of the molecule is CCCCN1CCc2cc3nc(CC)oc3c(C)c2CC1.Cc1ccc2c(-c3nnc(C)n3C)cccc2n1. The molecule has 4 heterocycles. The number of fused-ring (bicyclic) bond motifs is 3. The van der Waals surface area contributed by atoms with Crippen LogP contribution in [0.4, 0.5) is 0 Å². The third-order valence-corrected chi connectivity index (χ3v) is 7.90. The van der Waals surface area contributed by atoms with Gasteiger partial charge < -0.3 is 13.9 Å². The molecule has 7 nitrogen and oxygen atoms in total. The molecule has 1 aliphatic heterocycles. The first kappa shape index (κ1) is 27.0. The number of nitrogens with zero attached hydrogens (tertiary/aromatic N) is 6. The van der Waals surface area contributed by atoms with E-state index in [0.717, 1.165) is 70.1 Å². The molecule has 0 aliphatic carbocycles. The van der Waals surface area contributed by atoms with Crippen molar-refractivity contribution < 1.29 is 4.42 Å². The fourth-order valence-electron chi connectivity index (χ4n) is 5.46. The lowest BCUT2D eigenvalue weighted by Crippen LogP contribution is -2.27. The Morgan fingerprint density at radius 1 is 0.923 bits per heavy atom. The molecule has 0 saturated carbocycles. The van der Waals surface area contributed by atoms with E-state index in [-0.39, 0.29) is 0 Å². The lowest BCUT2D eigenvalue weighted by Gasteiger charge is -2.18. The molecule has 6 rings (SSSR count). The molecule has 204 valence electrons. The first-order chi connectivity index (χ1) is 18.9. The zero-order chi connectivity index (χ0) is 27.5. The van der Waals surface area contributed by atoms with Crippen molar-refractivity contribution in [3.05, 3.63) is 70.5 Å². The van der Waals surface area contributed by atoms with Crippen LogP contribution in [0, 0.1) is 20.8 Å². The standard InChI is InChI=1S/C18H26N2O.C14H14N4/c1-4-6-9-20-10-7-14-12-16-18(21-17(5-2)19-16)13(3)15(14)8-11-20;1-9-7-8-11-12(5-4-6-13(11)15-9)14-17-16-10(2)18(14)3/h12H,4-11H2,1-3H3;4-8H,1-3H3. The van der Waals surface area contributed by atoms with Crippen molar-refractivity contribution in [1.29, 1.82) is 0 Å². The summed E-state index contributed by atoms with van der Waals surface area (Å²) in [6, 6.07) is 12.5. The minimum atomic E-state index is 0.859. The Bertz CT molecular complexity index is 1600. The lowest BCUT2D eigenvalue weighted by molar-refractivity contribution is 0.283. The second-order valence-corrected chi connectivity index (χ2v) is 10.6. The maximum absolute atomic E-state index is 5.92. The normalized spacial score (nSPS) is 13.8. The third-order valence-electron chi connectivity index (χ3n) is 7.90. The largest absolute Gasteiger partial charge is 0.440 e. The van der Waals surface area contributed by atoms with Crippen molar-refractivity contribution in [2.45, 2.75) is 66.7 Å². The van der Waals surface area contributed by atoms with Gasteiger partial charge in [-0.25, -0.2) is 4.98 Å². The molecule has 5 aromatic rings. The molecule has 39 heavy (non-hydrogen) atoms. The van der Waals surface area contributed by atoms with Gasteiger partial charge in [0.1, 0.15) is 11.3 Å². The summed E-state index contributed by atoms with van der Waals surface area (Å²) in [7, 11) is 1.98. The fourth-order valence-corrected chi connectivity index (χ4v) is 5.46. The topological polar surface area (TPSA) is 72.9 Å². The van der Waals surface area contributed by atoms with Gasteiger partial charge in [0.25, 0.3) is 0 Å². The van der Waals surface area contributed by atoms with Gasteiger partial charge in [-0.3, -0.25) is 4.98 Å². The van der Waals surface area contributed by atoms with Crippen LogP contribution in [0.5, 0.6) is 0 Å². The van der Waals surface area contributed by atoms with Crippen molar-refractivity contribution >= 4 is 22.0 Å². The molecule has 0 fully saturated rings. The summed E-state index contributed by atoms with van der Waals surface area (Å²) in [4.78, 5) is 11.8. The average Bonchev–Trinajstić information content (AvgIpc) is 3.44. The number of benzene rings is 2. The van der Waals surface area contributed by atoms with Crippen LogP contribution < -0.4 is 0 Å². The second kappa shape index (κ2) is 11.7. The van der Waals surface area contributed by atoms with Gasteiger partial charge in [-0.05, 0) is 81.5 Å². The summed E-state index contributed by atoms with van der Waals surface area (Å²) in [6.45, 7) is 14.1. The third kappa shape index (κ3) is 5.59. The maximum atomic E-state index is 5.92.